The van der Waals surface area contributed by atoms with Crippen molar-refractivity contribution >= 4 is 28.7 Å². The van der Waals surface area contributed by atoms with Crippen LogP contribution in [-0.2, 0) is 11.2 Å². The monoisotopic (exact) mass is 279 g/mol. The van der Waals surface area contributed by atoms with Gasteiger partial charge in [-0.25, -0.2) is 9.78 Å². The molecule has 98 valence electrons. The minimum Gasteiger partial charge on any atom is -0.481 e. The number of ether oxygens (including phenoxy) is 1. The molecular weight excluding hydrogens is 270 g/mol. The first kappa shape index (κ1) is 13.0. The number of aromatic nitrogens is 2. The Morgan fingerprint density at radius 2 is 2.05 bits per heavy atom. The summed E-state index contributed by atoms with van der Waals surface area (Å²) in [5.74, 6) is -0.487. The number of rotatable bonds is 4. The molecule has 1 aromatic heterocycles. The molecule has 0 bridgehead atoms. The van der Waals surface area contributed by atoms with Gasteiger partial charge in [-0.05, 0) is 12.1 Å². The molecule has 0 saturated heterocycles. The van der Waals surface area contributed by atoms with Crippen LogP contribution in [-0.4, -0.2) is 26.5 Å². The van der Waals surface area contributed by atoms with Crippen molar-refractivity contribution in [1.82, 2.24) is 9.36 Å². The molecule has 0 aliphatic heterocycles. The maximum absolute atomic E-state index is 11.5. The van der Waals surface area contributed by atoms with Gasteiger partial charge in [-0.15, -0.1) is 0 Å². The van der Waals surface area contributed by atoms with Crippen molar-refractivity contribution in [3.05, 3.63) is 36.2 Å². The molecular formula is C11H9N3O4S. The van der Waals surface area contributed by atoms with Gasteiger partial charge >= 0.3 is 12.1 Å². The van der Waals surface area contributed by atoms with E-state index in [4.69, 9.17) is 9.84 Å². The predicted octanol–water partition coefficient (Wildman–Crippen LogP) is 1.78. The number of carboxylic acids is 1. The van der Waals surface area contributed by atoms with Crippen molar-refractivity contribution in [3.8, 4) is 5.75 Å². The molecule has 1 heterocycles. The Balaban J connectivity index is 1.92. The van der Waals surface area contributed by atoms with E-state index >= 15 is 0 Å². The SMILES string of the molecule is O=C(O)Cc1nsc(NC(=O)Oc2ccccc2)n1. The van der Waals surface area contributed by atoms with Gasteiger partial charge in [-0.3, -0.25) is 10.1 Å². The molecule has 1 amide bonds. The van der Waals surface area contributed by atoms with Gasteiger partial charge in [0.05, 0.1) is 0 Å². The number of hydrogen-bond donors (Lipinski definition) is 2. The number of hydrogen-bond acceptors (Lipinski definition) is 6. The Morgan fingerprint density at radius 3 is 2.74 bits per heavy atom. The normalized spacial score (nSPS) is 9.89. The fraction of sp³-hybridized carbons (Fsp3) is 0.0909. The summed E-state index contributed by atoms with van der Waals surface area (Å²) in [7, 11) is 0. The van der Waals surface area contributed by atoms with Gasteiger partial charge < -0.3 is 9.84 Å². The lowest BCUT2D eigenvalue weighted by atomic mass is 10.3. The average Bonchev–Trinajstić information content (AvgIpc) is 2.76. The lowest BCUT2D eigenvalue weighted by Crippen LogP contribution is -2.16. The molecule has 0 unspecified atom stereocenters. The van der Waals surface area contributed by atoms with Gasteiger partial charge in [0, 0.05) is 11.5 Å². The van der Waals surface area contributed by atoms with Gasteiger partial charge in [0.15, 0.2) is 5.82 Å². The van der Waals surface area contributed by atoms with Crippen molar-refractivity contribution in [2.45, 2.75) is 6.42 Å². The second-order valence-electron chi connectivity index (χ2n) is 3.41. The fourth-order valence-electron chi connectivity index (χ4n) is 1.22. The molecule has 0 radical (unpaired) electrons. The van der Waals surface area contributed by atoms with E-state index in [9.17, 15) is 9.59 Å². The quantitative estimate of drug-likeness (QED) is 0.884. The molecule has 0 saturated carbocycles. The number of anilines is 1. The lowest BCUT2D eigenvalue weighted by molar-refractivity contribution is -0.136. The number of carbonyl (C=O) groups excluding carboxylic acids is 1. The largest absolute Gasteiger partial charge is 0.481 e. The molecule has 2 aromatic rings. The van der Waals surface area contributed by atoms with E-state index in [0.29, 0.717) is 5.75 Å². The Hall–Kier alpha value is -2.48. The number of para-hydroxylation sites is 1. The van der Waals surface area contributed by atoms with Crippen LogP contribution in [0, 0.1) is 0 Å². The van der Waals surface area contributed by atoms with Crippen molar-refractivity contribution in [3.63, 3.8) is 0 Å². The smallest absolute Gasteiger partial charge is 0.418 e. The lowest BCUT2D eigenvalue weighted by Gasteiger charge is -2.02. The van der Waals surface area contributed by atoms with Gasteiger partial charge in [-0.2, -0.15) is 4.37 Å². The van der Waals surface area contributed by atoms with Crippen LogP contribution in [0.25, 0.3) is 0 Å². The maximum atomic E-state index is 11.5. The number of benzene rings is 1. The predicted molar refractivity (Wildman–Crippen MR) is 67.3 cm³/mol. The molecule has 19 heavy (non-hydrogen) atoms. The zero-order chi connectivity index (χ0) is 13.7. The first-order chi connectivity index (χ1) is 9.13. The first-order valence-corrected chi connectivity index (χ1v) is 5.99. The molecule has 8 heteroatoms. The highest BCUT2D eigenvalue weighted by Crippen LogP contribution is 2.13. The third-order valence-electron chi connectivity index (χ3n) is 1.94. The summed E-state index contributed by atoms with van der Waals surface area (Å²) < 4.78 is 8.78. The summed E-state index contributed by atoms with van der Waals surface area (Å²) in [6.45, 7) is 0. The van der Waals surface area contributed by atoms with E-state index in [1.165, 1.54) is 0 Å². The fourth-order valence-corrected chi connectivity index (χ4v) is 1.79. The summed E-state index contributed by atoms with van der Waals surface area (Å²) in [4.78, 5) is 25.8. The van der Waals surface area contributed by atoms with Crippen molar-refractivity contribution in [2.75, 3.05) is 5.32 Å². The molecule has 0 aliphatic carbocycles. The van der Waals surface area contributed by atoms with Crippen LogP contribution in [0.15, 0.2) is 30.3 Å². The van der Waals surface area contributed by atoms with E-state index in [1.54, 1.807) is 30.3 Å². The summed E-state index contributed by atoms with van der Waals surface area (Å²) in [6, 6.07) is 8.54. The number of carbonyl (C=O) groups is 2. The Bertz CT molecular complexity index is 585. The van der Waals surface area contributed by atoms with Crippen LogP contribution >= 0.6 is 11.5 Å². The molecule has 7 nitrogen and oxygen atoms in total. The Kier molecular flexibility index (Phi) is 4.04. The van der Waals surface area contributed by atoms with E-state index in [0.717, 1.165) is 11.5 Å². The third-order valence-corrected chi connectivity index (χ3v) is 2.61. The second-order valence-corrected chi connectivity index (χ2v) is 4.17. The third kappa shape index (κ3) is 4.03. The van der Waals surface area contributed by atoms with Crippen molar-refractivity contribution in [1.29, 1.82) is 0 Å². The average molecular weight is 279 g/mol. The van der Waals surface area contributed by atoms with Crippen LogP contribution < -0.4 is 10.1 Å². The molecule has 2 rings (SSSR count). The minimum absolute atomic E-state index is 0.146. The summed E-state index contributed by atoms with van der Waals surface area (Å²) in [5, 5.41) is 11.1. The topological polar surface area (TPSA) is 101 Å². The zero-order valence-electron chi connectivity index (χ0n) is 9.57. The number of nitrogens with one attached hydrogen (secondary N) is 1. The van der Waals surface area contributed by atoms with Crippen LogP contribution in [0.2, 0.25) is 0 Å². The number of nitrogens with zero attached hydrogens (tertiary/aromatic N) is 2. The van der Waals surface area contributed by atoms with Gasteiger partial charge in [-0.1, -0.05) is 18.2 Å². The molecule has 0 atom stereocenters. The van der Waals surface area contributed by atoms with E-state index < -0.39 is 12.1 Å². The zero-order valence-corrected chi connectivity index (χ0v) is 10.4. The van der Waals surface area contributed by atoms with Crippen LogP contribution in [0.3, 0.4) is 0 Å². The molecule has 0 spiro atoms. The molecule has 0 fully saturated rings. The first-order valence-electron chi connectivity index (χ1n) is 5.22. The van der Waals surface area contributed by atoms with Crippen LogP contribution in [0.1, 0.15) is 5.82 Å². The summed E-state index contributed by atoms with van der Waals surface area (Å²) in [6.07, 6.45) is -0.990. The maximum Gasteiger partial charge on any atom is 0.418 e. The number of amides is 1. The Labute approximate surface area is 112 Å². The van der Waals surface area contributed by atoms with Gasteiger partial charge in [0.1, 0.15) is 12.2 Å². The second kappa shape index (κ2) is 5.91. The highest BCUT2D eigenvalue weighted by atomic mass is 32.1. The molecule has 2 N–H and O–H groups in total. The summed E-state index contributed by atoms with van der Waals surface area (Å²) >= 11 is 0.894. The van der Waals surface area contributed by atoms with Crippen LogP contribution in [0.5, 0.6) is 5.75 Å². The van der Waals surface area contributed by atoms with Gasteiger partial charge in [0.2, 0.25) is 5.13 Å². The summed E-state index contributed by atoms with van der Waals surface area (Å²) in [5.41, 5.74) is 0. The Morgan fingerprint density at radius 1 is 1.32 bits per heavy atom. The number of carboxylic acid groups (broad SMARTS) is 1. The van der Waals surface area contributed by atoms with Gasteiger partial charge in [0.25, 0.3) is 0 Å². The van der Waals surface area contributed by atoms with E-state index in [1.807, 2.05) is 0 Å². The van der Waals surface area contributed by atoms with Crippen molar-refractivity contribution in [2.24, 2.45) is 0 Å². The van der Waals surface area contributed by atoms with E-state index in [-0.39, 0.29) is 17.4 Å². The standard InChI is InChI=1S/C11H9N3O4S/c15-9(16)6-8-12-10(19-14-8)13-11(17)18-7-4-2-1-3-5-7/h1-5H,6H2,(H,15,16)(H,12,13,14,17). The molecule has 1 aromatic carbocycles. The highest BCUT2D eigenvalue weighted by Gasteiger charge is 2.11. The molecule has 0 aliphatic rings. The number of aliphatic carboxylic acids is 1. The highest BCUT2D eigenvalue weighted by molar-refractivity contribution is 7.09. The van der Waals surface area contributed by atoms with E-state index in [2.05, 4.69) is 14.7 Å². The van der Waals surface area contributed by atoms with Crippen LogP contribution in [0.4, 0.5) is 9.93 Å². The minimum atomic E-state index is -1.03. The van der Waals surface area contributed by atoms with Crippen molar-refractivity contribution < 1.29 is 19.4 Å².